The van der Waals surface area contributed by atoms with Crippen LogP contribution in [0.5, 0.6) is 5.75 Å². The largest absolute Gasteiger partial charge is 0.473 e. The number of carbonyl (C=O) groups excluding carboxylic acids is 1. The molecule has 0 bridgehead atoms. The zero-order valence-electron chi connectivity index (χ0n) is 17.7. The van der Waals surface area contributed by atoms with Crippen molar-refractivity contribution in [2.24, 2.45) is 0 Å². The summed E-state index contributed by atoms with van der Waals surface area (Å²) < 4.78 is 12.1. The van der Waals surface area contributed by atoms with Crippen molar-refractivity contribution < 1.29 is 13.9 Å². The summed E-state index contributed by atoms with van der Waals surface area (Å²) in [6, 6.07) is 21.3. The minimum atomic E-state index is -0.884. The Morgan fingerprint density at radius 1 is 1.06 bits per heavy atom. The van der Waals surface area contributed by atoms with Gasteiger partial charge in [-0.25, -0.2) is 0 Å². The van der Waals surface area contributed by atoms with Crippen molar-refractivity contribution in [2.75, 3.05) is 5.32 Å². The molecule has 0 saturated heterocycles. The van der Waals surface area contributed by atoms with E-state index in [-0.39, 0.29) is 22.8 Å². The molecule has 32 heavy (non-hydrogen) atoms. The van der Waals surface area contributed by atoms with Crippen LogP contribution in [-0.2, 0) is 4.79 Å². The number of para-hydroxylation sites is 1. The first kappa shape index (κ1) is 21.7. The smallest absolute Gasteiger partial charge is 0.265 e. The summed E-state index contributed by atoms with van der Waals surface area (Å²) in [5.41, 5.74) is 2.42. The highest BCUT2D eigenvalue weighted by atomic mass is 35.5. The second-order valence-corrected chi connectivity index (χ2v) is 7.90. The predicted octanol–water partition coefficient (Wildman–Crippen LogP) is 6.22. The zero-order chi connectivity index (χ0) is 22.7. The number of ether oxygens (including phenoxy) is 1. The van der Waals surface area contributed by atoms with Crippen molar-refractivity contribution in [2.45, 2.75) is 26.4 Å². The molecule has 6 heteroatoms. The van der Waals surface area contributed by atoms with Crippen molar-refractivity contribution in [3.8, 4) is 17.1 Å². The number of aryl methyl sites for hydroxylation is 1. The summed E-state index contributed by atoms with van der Waals surface area (Å²) in [6.07, 6.45) is -0.519. The lowest BCUT2D eigenvalue weighted by Gasteiger charge is -2.19. The Morgan fingerprint density at radius 2 is 1.81 bits per heavy atom. The van der Waals surface area contributed by atoms with Crippen LogP contribution >= 0.6 is 11.6 Å². The third-order valence-electron chi connectivity index (χ3n) is 5.07. The van der Waals surface area contributed by atoms with Crippen LogP contribution in [0.4, 0.5) is 5.69 Å². The normalized spacial score (nSPS) is 11.8. The van der Waals surface area contributed by atoms with Gasteiger partial charge in [0.1, 0.15) is 5.58 Å². The quantitative estimate of drug-likeness (QED) is 0.381. The standard InChI is InChI=1S/C26H22ClNO4/c1-3-21(26(30)28-19-8-6-7-16(2)15-19)31-25-23(29)20-9-4-5-10-22(20)32-24(25)17-11-13-18(27)14-12-17/h4-15,21H,3H2,1-2H3,(H,28,30). The van der Waals surface area contributed by atoms with Gasteiger partial charge in [-0.15, -0.1) is 0 Å². The molecular weight excluding hydrogens is 426 g/mol. The Labute approximate surface area is 190 Å². The lowest BCUT2D eigenvalue weighted by Crippen LogP contribution is -2.34. The van der Waals surface area contributed by atoms with E-state index in [4.69, 9.17) is 20.8 Å². The van der Waals surface area contributed by atoms with Gasteiger partial charge in [0.05, 0.1) is 5.39 Å². The van der Waals surface area contributed by atoms with Crippen LogP contribution < -0.4 is 15.5 Å². The molecule has 0 radical (unpaired) electrons. The average molecular weight is 448 g/mol. The molecule has 1 unspecified atom stereocenters. The fourth-order valence-corrected chi connectivity index (χ4v) is 3.56. The third kappa shape index (κ3) is 4.53. The summed E-state index contributed by atoms with van der Waals surface area (Å²) in [5.74, 6) is -0.0860. The molecule has 4 aromatic rings. The topological polar surface area (TPSA) is 68.5 Å². The van der Waals surface area contributed by atoms with Gasteiger partial charge in [-0.2, -0.15) is 0 Å². The maximum atomic E-state index is 13.3. The molecule has 1 atom stereocenters. The van der Waals surface area contributed by atoms with Crippen molar-refractivity contribution in [3.05, 3.63) is 93.6 Å². The van der Waals surface area contributed by atoms with E-state index in [1.165, 1.54) is 0 Å². The number of nitrogens with one attached hydrogen (secondary N) is 1. The first-order valence-corrected chi connectivity index (χ1v) is 10.7. The molecule has 0 saturated carbocycles. The fourth-order valence-electron chi connectivity index (χ4n) is 3.43. The number of hydrogen-bond acceptors (Lipinski definition) is 4. The predicted molar refractivity (Wildman–Crippen MR) is 127 cm³/mol. The van der Waals surface area contributed by atoms with E-state index in [1.807, 2.05) is 32.0 Å². The third-order valence-corrected chi connectivity index (χ3v) is 5.32. The van der Waals surface area contributed by atoms with E-state index in [0.717, 1.165) is 5.56 Å². The minimum Gasteiger partial charge on any atom is -0.473 e. The van der Waals surface area contributed by atoms with Crippen molar-refractivity contribution in [3.63, 3.8) is 0 Å². The molecule has 0 spiro atoms. The van der Waals surface area contributed by atoms with E-state index < -0.39 is 6.10 Å². The maximum absolute atomic E-state index is 13.3. The number of hydrogen-bond donors (Lipinski definition) is 1. The minimum absolute atomic E-state index is 0.00253. The summed E-state index contributed by atoms with van der Waals surface area (Å²) >= 11 is 6.03. The number of carbonyl (C=O) groups is 1. The number of rotatable bonds is 6. The Balaban J connectivity index is 1.75. The van der Waals surface area contributed by atoms with Gasteiger partial charge in [0.25, 0.3) is 5.91 Å². The van der Waals surface area contributed by atoms with Crippen LogP contribution in [0.25, 0.3) is 22.3 Å². The number of amides is 1. The second-order valence-electron chi connectivity index (χ2n) is 7.47. The Hall–Kier alpha value is -3.57. The monoisotopic (exact) mass is 447 g/mol. The molecule has 5 nitrogen and oxygen atoms in total. The first-order valence-electron chi connectivity index (χ1n) is 10.3. The number of anilines is 1. The second kappa shape index (κ2) is 9.28. The van der Waals surface area contributed by atoms with E-state index in [1.54, 1.807) is 54.6 Å². The lowest BCUT2D eigenvalue weighted by atomic mass is 10.1. The van der Waals surface area contributed by atoms with Crippen LogP contribution in [0.15, 0.2) is 82.0 Å². The highest BCUT2D eigenvalue weighted by Crippen LogP contribution is 2.32. The number of fused-ring (bicyclic) bond motifs is 1. The van der Waals surface area contributed by atoms with Crippen LogP contribution in [0, 0.1) is 6.92 Å². The van der Waals surface area contributed by atoms with Gasteiger partial charge in [0, 0.05) is 16.3 Å². The van der Waals surface area contributed by atoms with E-state index >= 15 is 0 Å². The molecule has 0 aliphatic carbocycles. The summed E-state index contributed by atoms with van der Waals surface area (Å²) in [6.45, 7) is 3.77. The van der Waals surface area contributed by atoms with Crippen LogP contribution in [-0.4, -0.2) is 12.0 Å². The van der Waals surface area contributed by atoms with Crippen LogP contribution in [0.1, 0.15) is 18.9 Å². The molecule has 0 aliphatic rings. The molecule has 3 aromatic carbocycles. The highest BCUT2D eigenvalue weighted by Gasteiger charge is 2.25. The SMILES string of the molecule is CCC(Oc1c(-c2ccc(Cl)cc2)oc2ccccc2c1=O)C(=O)Nc1cccc(C)c1. The molecule has 1 heterocycles. The summed E-state index contributed by atoms with van der Waals surface area (Å²) in [4.78, 5) is 26.3. The average Bonchev–Trinajstić information content (AvgIpc) is 2.79. The Kier molecular flexibility index (Phi) is 6.28. The molecule has 1 N–H and O–H groups in total. The van der Waals surface area contributed by atoms with E-state index in [9.17, 15) is 9.59 Å². The highest BCUT2D eigenvalue weighted by molar-refractivity contribution is 6.30. The van der Waals surface area contributed by atoms with Crippen molar-refractivity contribution in [1.29, 1.82) is 0 Å². The molecule has 0 fully saturated rings. The maximum Gasteiger partial charge on any atom is 0.265 e. The first-order chi connectivity index (χ1) is 15.5. The summed E-state index contributed by atoms with van der Waals surface area (Å²) in [5, 5.41) is 3.81. The molecule has 162 valence electrons. The van der Waals surface area contributed by atoms with E-state index in [0.29, 0.717) is 33.7 Å². The fraction of sp³-hybridized carbons (Fsp3) is 0.154. The molecule has 4 rings (SSSR count). The van der Waals surface area contributed by atoms with Gasteiger partial charge < -0.3 is 14.5 Å². The van der Waals surface area contributed by atoms with Gasteiger partial charge in [-0.3, -0.25) is 9.59 Å². The van der Waals surface area contributed by atoms with Crippen molar-refractivity contribution >= 4 is 34.2 Å². The lowest BCUT2D eigenvalue weighted by molar-refractivity contribution is -0.122. The molecule has 0 aliphatic heterocycles. The van der Waals surface area contributed by atoms with Crippen molar-refractivity contribution in [1.82, 2.24) is 0 Å². The van der Waals surface area contributed by atoms with Crippen LogP contribution in [0.3, 0.4) is 0 Å². The summed E-state index contributed by atoms with van der Waals surface area (Å²) in [7, 11) is 0. The molecule has 1 aromatic heterocycles. The van der Waals surface area contributed by atoms with Gasteiger partial charge in [-0.05, 0) is 67.4 Å². The Morgan fingerprint density at radius 3 is 2.53 bits per heavy atom. The molecular formula is C26H22ClNO4. The van der Waals surface area contributed by atoms with Gasteiger partial charge in [0.2, 0.25) is 11.2 Å². The van der Waals surface area contributed by atoms with Crippen LogP contribution in [0.2, 0.25) is 5.02 Å². The van der Waals surface area contributed by atoms with Gasteiger partial charge >= 0.3 is 0 Å². The van der Waals surface area contributed by atoms with E-state index in [2.05, 4.69) is 5.32 Å². The number of halogens is 1. The molecule has 1 amide bonds. The van der Waals surface area contributed by atoms with Gasteiger partial charge in [0.15, 0.2) is 11.9 Å². The van der Waals surface area contributed by atoms with Gasteiger partial charge in [-0.1, -0.05) is 42.8 Å². The zero-order valence-corrected chi connectivity index (χ0v) is 18.5. The Bertz CT molecular complexity index is 1330. The number of benzene rings is 3.